The maximum Gasteiger partial charge on any atom is 0 e. The first-order valence-electron chi connectivity index (χ1n) is 0.532. The van der Waals surface area contributed by atoms with Crippen LogP contribution in [0, 0.1) is 0 Å². The van der Waals surface area contributed by atoms with Gasteiger partial charge < -0.3 is 0 Å². The fraction of sp³-hybridized carbons (Fsp3) is 0. The summed E-state index contributed by atoms with van der Waals surface area (Å²) < 4.78 is 23.1. The Balaban J connectivity index is 0. The van der Waals surface area contributed by atoms with Crippen molar-refractivity contribution in [2.24, 2.45) is 0 Å². The molecule has 0 saturated carbocycles. The Kier molecular flexibility index (Phi) is 8.88. The van der Waals surface area contributed by atoms with Crippen molar-refractivity contribution in [3.05, 3.63) is 0 Å². The number of hydrogen-bond donors (Lipinski definition) is 2. The molecule has 0 amide bonds. The molecule has 0 spiro atoms. The van der Waals surface area contributed by atoms with Crippen molar-refractivity contribution in [3.8, 4) is 0 Å². The molecule has 3 radical (unpaired) electrons. The minimum atomic E-state index is -3.29. The monoisotopic (exact) mass is 205 g/mol. The second-order valence-electron chi connectivity index (χ2n) is 0.231. The Hall–Kier alpha value is 0.798. The van der Waals surface area contributed by atoms with Crippen molar-refractivity contribution in [1.29, 1.82) is 0 Å². The zero-order valence-electron chi connectivity index (χ0n) is 2.16. The fourth-order valence-corrected chi connectivity index (χ4v) is 0. The van der Waals surface area contributed by atoms with Crippen LogP contribution in [0.25, 0.3) is 0 Å². The molecule has 5 heavy (non-hydrogen) atoms. The number of rotatable bonds is 0. The van der Waals surface area contributed by atoms with Crippen LogP contribution >= 0.6 is 0 Å². The third-order valence-corrected chi connectivity index (χ3v) is 0. The fourth-order valence-electron chi connectivity index (χ4n) is 0. The molecule has 3 nitrogen and oxygen atoms in total. The first-order chi connectivity index (χ1) is 1.73. The molecule has 0 fully saturated rings. The molecule has 0 saturated heterocycles. The summed E-state index contributed by atoms with van der Waals surface area (Å²) in [6.45, 7) is 0. The summed E-state index contributed by atoms with van der Waals surface area (Å²) in [7, 11) is 0. The predicted molar refractivity (Wildman–Crippen MR) is 16.6 cm³/mol. The largest absolute Gasteiger partial charge is 0 e. The quantitative estimate of drug-likeness (QED) is 0.449. The van der Waals surface area contributed by atoms with Crippen LogP contribution in [0.2, 0.25) is 0 Å². The van der Waals surface area contributed by atoms with Gasteiger partial charge in [-0.05, 0) is 0 Å². The Morgan fingerprint density at radius 2 is 1.40 bits per heavy atom. The van der Waals surface area contributed by atoms with Gasteiger partial charge in [-0.1, -0.05) is 0 Å². The molecule has 0 aromatic rings. The molecule has 5 heteroatoms. The van der Waals surface area contributed by atoms with Gasteiger partial charge in [0.1, 0.15) is 0 Å². The van der Waals surface area contributed by atoms with Crippen LogP contribution in [0.5, 0.6) is 0 Å². The van der Waals surface area contributed by atoms with Crippen LogP contribution in [0.3, 0.4) is 0 Å². The Bertz CT molecular complexity index is 29.9. The SMILES string of the molecule is O=[Se](O)O.[As]. The van der Waals surface area contributed by atoms with Crippen LogP contribution < -0.4 is 0 Å². The van der Waals surface area contributed by atoms with Gasteiger partial charge in [0.15, 0.2) is 0 Å². The summed E-state index contributed by atoms with van der Waals surface area (Å²) in [4.78, 5) is 0. The first-order valence-corrected chi connectivity index (χ1v) is 2.76. The molecule has 0 heterocycles. The van der Waals surface area contributed by atoms with Gasteiger partial charge in [0.2, 0.25) is 0 Å². The Morgan fingerprint density at radius 1 is 1.40 bits per heavy atom. The number of hydrogen-bond acceptors (Lipinski definition) is 1. The van der Waals surface area contributed by atoms with Crippen LogP contribution in [0.4, 0.5) is 0 Å². The van der Waals surface area contributed by atoms with E-state index in [9.17, 15) is 0 Å². The molecule has 0 bridgehead atoms. The van der Waals surface area contributed by atoms with Crippen molar-refractivity contribution in [1.82, 2.24) is 0 Å². The molecular formula is H2AsO3Se. The van der Waals surface area contributed by atoms with Gasteiger partial charge in [-0.2, -0.15) is 0 Å². The third kappa shape index (κ3) is 59.0. The van der Waals surface area contributed by atoms with Gasteiger partial charge in [-0.25, -0.2) is 0 Å². The van der Waals surface area contributed by atoms with E-state index in [-0.39, 0.29) is 18.0 Å². The molecule has 0 aliphatic rings. The van der Waals surface area contributed by atoms with Crippen molar-refractivity contribution < 1.29 is 12.2 Å². The van der Waals surface area contributed by atoms with Gasteiger partial charge in [-0.3, -0.25) is 0 Å². The minimum Gasteiger partial charge on any atom is 0 e. The average molecular weight is 204 g/mol. The summed E-state index contributed by atoms with van der Waals surface area (Å²) in [5, 5.41) is 0. The van der Waals surface area contributed by atoms with Crippen LogP contribution in [-0.4, -0.2) is 40.8 Å². The minimum absolute atomic E-state index is 0. The van der Waals surface area contributed by atoms with E-state index in [4.69, 9.17) is 12.2 Å². The topological polar surface area (TPSA) is 57.5 Å². The summed E-state index contributed by atoms with van der Waals surface area (Å²) in [5.74, 6) is 0. The van der Waals surface area contributed by atoms with Gasteiger partial charge in [0.25, 0.3) is 0 Å². The van der Waals surface area contributed by atoms with E-state index >= 15 is 0 Å². The van der Waals surface area contributed by atoms with Gasteiger partial charge in [0.05, 0.1) is 0 Å². The van der Waals surface area contributed by atoms with Gasteiger partial charge in [0, 0.05) is 18.0 Å². The van der Waals surface area contributed by atoms with E-state index in [2.05, 4.69) is 0 Å². The van der Waals surface area contributed by atoms with E-state index in [1.807, 2.05) is 0 Å². The molecule has 0 aromatic heterocycles. The second kappa shape index (κ2) is 4.80. The second-order valence-corrected chi connectivity index (χ2v) is 1.20. The summed E-state index contributed by atoms with van der Waals surface area (Å²) in [6.07, 6.45) is 0. The van der Waals surface area contributed by atoms with Gasteiger partial charge >= 0.3 is 26.7 Å². The summed E-state index contributed by atoms with van der Waals surface area (Å²) in [5.41, 5.74) is 0. The average Bonchev–Trinajstić information content (AvgIpc) is 0.811. The molecule has 0 unspecified atom stereocenters. The van der Waals surface area contributed by atoms with Crippen LogP contribution in [0.1, 0.15) is 0 Å². The molecule has 0 aromatic carbocycles. The van der Waals surface area contributed by atoms with E-state index in [0.717, 1.165) is 0 Å². The maximum absolute atomic E-state index is 8.76. The predicted octanol–water partition coefficient (Wildman–Crippen LogP) is -1.99. The zero-order valence-corrected chi connectivity index (χ0v) is 5.75. The molecule has 0 rings (SSSR count). The molecule has 2 N–H and O–H groups in total. The third-order valence-electron chi connectivity index (χ3n) is 0. The van der Waals surface area contributed by atoms with E-state index in [1.54, 1.807) is 0 Å². The molecule has 0 aliphatic carbocycles. The van der Waals surface area contributed by atoms with Crippen molar-refractivity contribution in [3.63, 3.8) is 0 Å². The normalized spacial score (nSPS) is 7.00. The molecule has 0 aliphatic heterocycles. The zero-order chi connectivity index (χ0) is 3.58. The smallest absolute Gasteiger partial charge is 0 e. The molecule has 0 atom stereocenters. The van der Waals surface area contributed by atoms with Crippen molar-refractivity contribution >= 4 is 32.4 Å². The Labute approximate surface area is 45.1 Å². The molecular weight excluding hydrogens is 202 g/mol. The van der Waals surface area contributed by atoms with E-state index < -0.39 is 14.5 Å². The van der Waals surface area contributed by atoms with Crippen molar-refractivity contribution in [2.75, 3.05) is 0 Å². The standard InChI is InChI=1S/As.H2O3Se/c;1-4(2)3/h;(H2,1,2,3). The van der Waals surface area contributed by atoms with E-state index in [1.165, 1.54) is 0 Å². The van der Waals surface area contributed by atoms with Crippen molar-refractivity contribution in [2.45, 2.75) is 0 Å². The van der Waals surface area contributed by atoms with E-state index in [0.29, 0.717) is 0 Å². The summed E-state index contributed by atoms with van der Waals surface area (Å²) in [6, 6.07) is 0. The summed E-state index contributed by atoms with van der Waals surface area (Å²) >= 11 is -3.29. The Morgan fingerprint density at radius 3 is 1.40 bits per heavy atom. The maximum atomic E-state index is 8.76. The van der Waals surface area contributed by atoms with Crippen LogP contribution in [0.15, 0.2) is 0 Å². The van der Waals surface area contributed by atoms with Gasteiger partial charge in [-0.15, -0.1) is 0 Å². The van der Waals surface area contributed by atoms with Crippen LogP contribution in [-0.2, 0) is 3.83 Å². The molecule has 31 valence electrons. The first kappa shape index (κ1) is 9.25.